The number of carboxylic acids is 1. The number of carbonyl (C=O) groups is 2. The molecule has 1 atom stereocenters. The number of nitrogens with zero attached hydrogens (tertiary/aromatic N) is 4. The monoisotopic (exact) mass is 708 g/mol. The molecular formula is C37H33F5N4O5. The second kappa shape index (κ2) is 14.9. The standard InChI is InChI=1S/C35H32F2N4O3.C2HF3O2/c36-28-11-9-26(10-12-28)35(27-5-3-6-29(37)22-27)34(42)41(33(39-35)30-7-1-2-16-38-30)18-4-17-40-19-14-24(15-20-40)25-8-13-31-32(21-25)44-23-43-31;3-2(4,5)1(6)7/h1-3,5-13,16,21-22,24H,4,14-15,17-20,23H2;(H,6,7). The van der Waals surface area contributed by atoms with Gasteiger partial charge in [-0.05, 0) is 110 Å². The summed E-state index contributed by atoms with van der Waals surface area (Å²) in [7, 11) is 0. The number of carbonyl (C=O) groups excluding carboxylic acids is 1. The molecular weight excluding hydrogens is 675 g/mol. The summed E-state index contributed by atoms with van der Waals surface area (Å²) < 4.78 is 71.3. The molecule has 1 aromatic heterocycles. The Hall–Kier alpha value is -5.37. The van der Waals surface area contributed by atoms with Crippen molar-refractivity contribution >= 4 is 17.7 Å². The van der Waals surface area contributed by atoms with E-state index in [9.17, 15) is 26.7 Å². The molecule has 266 valence electrons. The topological polar surface area (TPSA) is 105 Å². The first-order valence-electron chi connectivity index (χ1n) is 16.2. The number of halogens is 5. The lowest BCUT2D eigenvalue weighted by atomic mass is 9.82. The third-order valence-electron chi connectivity index (χ3n) is 9.04. The molecule has 0 bridgehead atoms. The minimum Gasteiger partial charge on any atom is -0.475 e. The van der Waals surface area contributed by atoms with E-state index in [2.05, 4.69) is 22.0 Å². The molecule has 1 N–H and O–H groups in total. The van der Waals surface area contributed by atoms with Crippen LogP contribution >= 0.6 is 0 Å². The lowest BCUT2D eigenvalue weighted by molar-refractivity contribution is -0.192. The van der Waals surface area contributed by atoms with Crippen LogP contribution in [-0.2, 0) is 15.1 Å². The maximum Gasteiger partial charge on any atom is 0.490 e. The van der Waals surface area contributed by atoms with Gasteiger partial charge in [-0.25, -0.2) is 18.6 Å². The largest absolute Gasteiger partial charge is 0.490 e. The average molecular weight is 709 g/mol. The minimum atomic E-state index is -5.08. The molecule has 0 aliphatic carbocycles. The van der Waals surface area contributed by atoms with Crippen LogP contribution in [0.3, 0.4) is 0 Å². The highest BCUT2D eigenvalue weighted by atomic mass is 19.4. The van der Waals surface area contributed by atoms with Crippen molar-refractivity contribution in [2.75, 3.05) is 33.0 Å². The van der Waals surface area contributed by atoms with E-state index in [-0.39, 0.29) is 12.7 Å². The Kier molecular flexibility index (Phi) is 10.3. The average Bonchev–Trinajstić information content (AvgIpc) is 3.72. The number of amides is 1. The van der Waals surface area contributed by atoms with Crippen LogP contribution in [0, 0.1) is 11.6 Å². The van der Waals surface area contributed by atoms with Crippen LogP contribution in [0.5, 0.6) is 11.5 Å². The van der Waals surface area contributed by atoms with Crippen LogP contribution in [0.25, 0.3) is 0 Å². The maximum atomic E-state index is 14.6. The molecule has 1 fully saturated rings. The van der Waals surface area contributed by atoms with Gasteiger partial charge in [-0.2, -0.15) is 13.2 Å². The summed E-state index contributed by atoms with van der Waals surface area (Å²) >= 11 is 0. The predicted octanol–water partition coefficient (Wildman–Crippen LogP) is 6.52. The van der Waals surface area contributed by atoms with Gasteiger partial charge in [0.05, 0.1) is 0 Å². The van der Waals surface area contributed by atoms with E-state index in [1.807, 2.05) is 18.2 Å². The molecule has 9 nitrogen and oxygen atoms in total. The van der Waals surface area contributed by atoms with Crippen molar-refractivity contribution in [2.45, 2.75) is 36.9 Å². The van der Waals surface area contributed by atoms with Gasteiger partial charge in [-0.1, -0.05) is 36.4 Å². The number of benzene rings is 3. The summed E-state index contributed by atoms with van der Waals surface area (Å²) in [6.07, 6.45) is -0.633. The third-order valence-corrected chi connectivity index (χ3v) is 9.04. The van der Waals surface area contributed by atoms with Crippen LogP contribution in [-0.4, -0.2) is 76.8 Å². The second-order valence-electron chi connectivity index (χ2n) is 12.2. The van der Waals surface area contributed by atoms with Crippen LogP contribution in [0.15, 0.2) is 96.1 Å². The number of hydrogen-bond donors (Lipinski definition) is 1. The lowest BCUT2D eigenvalue weighted by Gasteiger charge is -2.33. The number of hydrogen-bond acceptors (Lipinski definition) is 7. The third kappa shape index (κ3) is 7.70. The van der Waals surface area contributed by atoms with E-state index in [1.54, 1.807) is 41.4 Å². The van der Waals surface area contributed by atoms with E-state index < -0.39 is 29.3 Å². The molecule has 1 unspecified atom stereocenters. The van der Waals surface area contributed by atoms with E-state index in [4.69, 9.17) is 24.4 Å². The number of pyridine rings is 1. The molecule has 0 saturated carbocycles. The zero-order valence-corrected chi connectivity index (χ0v) is 27.2. The van der Waals surface area contributed by atoms with Crippen molar-refractivity contribution < 1.29 is 46.1 Å². The van der Waals surface area contributed by atoms with Crippen LogP contribution in [0.4, 0.5) is 22.0 Å². The van der Waals surface area contributed by atoms with Gasteiger partial charge in [0.1, 0.15) is 17.3 Å². The molecule has 3 aliphatic rings. The summed E-state index contributed by atoms with van der Waals surface area (Å²) in [5, 5.41) is 7.12. The normalized spacial score (nSPS) is 19.0. The molecule has 51 heavy (non-hydrogen) atoms. The number of aromatic nitrogens is 1. The molecule has 7 rings (SSSR count). The first-order valence-corrected chi connectivity index (χ1v) is 16.2. The smallest absolute Gasteiger partial charge is 0.475 e. The van der Waals surface area contributed by atoms with Gasteiger partial charge in [-0.15, -0.1) is 0 Å². The van der Waals surface area contributed by atoms with E-state index >= 15 is 0 Å². The molecule has 1 saturated heterocycles. The molecule has 14 heteroatoms. The Morgan fingerprint density at radius 3 is 2.25 bits per heavy atom. The molecule has 0 spiro atoms. The summed E-state index contributed by atoms with van der Waals surface area (Å²) in [6.45, 7) is 3.41. The molecule has 3 aliphatic heterocycles. The van der Waals surface area contributed by atoms with E-state index in [0.29, 0.717) is 35.1 Å². The van der Waals surface area contributed by atoms with Gasteiger partial charge in [-0.3, -0.25) is 14.7 Å². The number of amidine groups is 1. The van der Waals surface area contributed by atoms with E-state index in [0.717, 1.165) is 50.4 Å². The lowest BCUT2D eigenvalue weighted by Crippen LogP contribution is -2.43. The fourth-order valence-corrected chi connectivity index (χ4v) is 6.51. The zero-order valence-electron chi connectivity index (χ0n) is 27.2. The highest BCUT2D eigenvalue weighted by Gasteiger charge is 2.51. The summed E-state index contributed by atoms with van der Waals surface area (Å²) in [5.74, 6) is -1.46. The minimum absolute atomic E-state index is 0.275. The fourth-order valence-electron chi connectivity index (χ4n) is 6.51. The quantitative estimate of drug-likeness (QED) is 0.208. The SMILES string of the molecule is O=C(O)C(F)(F)F.O=C1N(CCCN2CCC(c3ccc4c(c3)OCO4)CC2)C(c2ccccn2)=NC1(c1ccc(F)cc1)c1cccc(F)c1. The van der Waals surface area contributed by atoms with Crippen molar-refractivity contribution in [2.24, 2.45) is 4.99 Å². The number of fused-ring (bicyclic) bond motifs is 1. The van der Waals surface area contributed by atoms with Crippen molar-refractivity contribution in [3.8, 4) is 11.5 Å². The van der Waals surface area contributed by atoms with E-state index in [1.165, 1.54) is 29.8 Å². The maximum absolute atomic E-state index is 14.6. The molecule has 3 aromatic carbocycles. The predicted molar refractivity (Wildman–Crippen MR) is 175 cm³/mol. The number of carboxylic acid groups (broad SMARTS) is 1. The van der Waals surface area contributed by atoms with Crippen LogP contribution < -0.4 is 9.47 Å². The Morgan fingerprint density at radius 1 is 0.863 bits per heavy atom. The van der Waals surface area contributed by atoms with Gasteiger partial charge in [0.2, 0.25) is 6.79 Å². The summed E-state index contributed by atoms with van der Waals surface area (Å²) in [6, 6.07) is 23.3. The number of alkyl halides is 3. The van der Waals surface area contributed by atoms with Gasteiger partial charge < -0.3 is 19.5 Å². The van der Waals surface area contributed by atoms with Crippen molar-refractivity contribution in [3.05, 3.63) is 125 Å². The molecule has 0 radical (unpaired) electrons. The Balaban J connectivity index is 0.000000582. The Bertz CT molecular complexity index is 1900. The molecule has 4 aromatic rings. The Morgan fingerprint density at radius 2 is 1.59 bits per heavy atom. The summed E-state index contributed by atoms with van der Waals surface area (Å²) in [4.78, 5) is 37.0. The van der Waals surface area contributed by atoms with Crippen molar-refractivity contribution in [3.63, 3.8) is 0 Å². The van der Waals surface area contributed by atoms with Crippen molar-refractivity contribution in [1.82, 2.24) is 14.8 Å². The first kappa shape index (κ1) is 35.5. The number of rotatable bonds is 8. The highest BCUT2D eigenvalue weighted by molar-refractivity contribution is 6.16. The zero-order chi connectivity index (χ0) is 36.2. The Labute approximate surface area is 290 Å². The van der Waals surface area contributed by atoms with Gasteiger partial charge in [0, 0.05) is 12.7 Å². The van der Waals surface area contributed by atoms with Gasteiger partial charge in [0.25, 0.3) is 5.91 Å². The number of likely N-dealkylation sites (tertiary alicyclic amines) is 1. The first-order chi connectivity index (χ1) is 24.5. The number of aliphatic carboxylic acids is 1. The van der Waals surface area contributed by atoms with Gasteiger partial charge in [0.15, 0.2) is 22.9 Å². The van der Waals surface area contributed by atoms with Crippen molar-refractivity contribution in [1.29, 1.82) is 0 Å². The highest BCUT2D eigenvalue weighted by Crippen LogP contribution is 2.42. The number of ether oxygens (including phenoxy) is 2. The second-order valence-corrected chi connectivity index (χ2v) is 12.2. The number of piperidine rings is 1. The number of aliphatic imine (C=N–C) groups is 1. The molecule has 4 heterocycles. The molecule has 1 amide bonds. The van der Waals surface area contributed by atoms with Crippen LogP contribution in [0.2, 0.25) is 0 Å². The van der Waals surface area contributed by atoms with Gasteiger partial charge >= 0.3 is 12.1 Å². The fraction of sp³-hybridized carbons (Fsp3) is 0.297. The van der Waals surface area contributed by atoms with Crippen LogP contribution in [0.1, 0.15) is 47.6 Å². The summed E-state index contributed by atoms with van der Waals surface area (Å²) in [5.41, 5.74) is 1.12.